The number of nitriles is 1. The lowest BCUT2D eigenvalue weighted by Gasteiger charge is -2.10. The fraction of sp³-hybridized carbons (Fsp3) is 0.118. The van der Waals surface area contributed by atoms with Gasteiger partial charge in [0.25, 0.3) is 0 Å². The maximum absolute atomic E-state index is 9.34. The van der Waals surface area contributed by atoms with Crippen LogP contribution in [0.2, 0.25) is 0 Å². The summed E-state index contributed by atoms with van der Waals surface area (Å²) in [5.41, 5.74) is 2.27. The molecule has 2 rings (SSSR count). The van der Waals surface area contributed by atoms with Crippen molar-refractivity contribution in [2.45, 2.75) is 0 Å². The van der Waals surface area contributed by atoms with Crippen LogP contribution >= 0.6 is 0 Å². The number of hydrogen-bond acceptors (Lipinski definition) is 3. The molecule has 2 aromatic carbocycles. The molecule has 0 heterocycles. The number of ether oxygens (including phenoxy) is 2. The van der Waals surface area contributed by atoms with Crippen molar-refractivity contribution in [3.8, 4) is 17.6 Å². The van der Waals surface area contributed by atoms with Crippen molar-refractivity contribution in [3.05, 3.63) is 59.7 Å². The van der Waals surface area contributed by atoms with Crippen LogP contribution in [0.4, 0.5) is 0 Å². The Morgan fingerprint density at radius 2 is 1.75 bits per heavy atom. The van der Waals surface area contributed by atoms with Crippen molar-refractivity contribution in [1.29, 1.82) is 5.26 Å². The van der Waals surface area contributed by atoms with E-state index in [9.17, 15) is 5.26 Å². The molecule has 0 bridgehead atoms. The van der Waals surface area contributed by atoms with E-state index < -0.39 is 0 Å². The zero-order chi connectivity index (χ0) is 14.4. The molecule has 0 atom stereocenters. The molecule has 2 aromatic rings. The second-order valence-electron chi connectivity index (χ2n) is 4.12. The highest BCUT2D eigenvalue weighted by Gasteiger charge is 2.09. The predicted octanol–water partition coefficient (Wildman–Crippen LogP) is 3.77. The van der Waals surface area contributed by atoms with Gasteiger partial charge < -0.3 is 9.47 Å². The number of allylic oxidation sites excluding steroid dienone is 1. The molecule has 0 aliphatic heterocycles. The Kier molecular flexibility index (Phi) is 4.41. The largest absolute Gasteiger partial charge is 0.493 e. The summed E-state index contributed by atoms with van der Waals surface area (Å²) in [6, 6.07) is 17.3. The van der Waals surface area contributed by atoms with E-state index in [0.717, 1.165) is 11.1 Å². The maximum atomic E-state index is 9.34. The fourth-order valence-corrected chi connectivity index (χ4v) is 1.98. The average Bonchev–Trinajstić information content (AvgIpc) is 2.52. The number of hydrogen-bond donors (Lipinski definition) is 0. The molecule has 0 aromatic heterocycles. The van der Waals surface area contributed by atoms with Crippen LogP contribution in [0.5, 0.6) is 11.5 Å². The second kappa shape index (κ2) is 6.44. The van der Waals surface area contributed by atoms with E-state index in [2.05, 4.69) is 6.07 Å². The van der Waals surface area contributed by atoms with Gasteiger partial charge in [0.1, 0.15) is 0 Å². The highest BCUT2D eigenvalue weighted by atomic mass is 16.5. The molecule has 0 aliphatic carbocycles. The molecule has 0 N–H and O–H groups in total. The van der Waals surface area contributed by atoms with Gasteiger partial charge >= 0.3 is 0 Å². The maximum Gasteiger partial charge on any atom is 0.167 e. The van der Waals surface area contributed by atoms with Crippen molar-refractivity contribution in [2.75, 3.05) is 14.2 Å². The SMILES string of the molecule is COc1cccc(C=C(C#N)c2ccccc2)c1OC. The monoisotopic (exact) mass is 265 g/mol. The number of para-hydroxylation sites is 1. The Bertz CT molecular complexity index is 654. The lowest BCUT2D eigenvalue weighted by molar-refractivity contribution is 0.354. The first kappa shape index (κ1) is 13.7. The number of benzene rings is 2. The minimum atomic E-state index is 0.581. The highest BCUT2D eigenvalue weighted by Crippen LogP contribution is 2.33. The van der Waals surface area contributed by atoms with Crippen molar-refractivity contribution in [2.24, 2.45) is 0 Å². The van der Waals surface area contributed by atoms with Gasteiger partial charge in [-0.25, -0.2) is 0 Å². The summed E-state index contributed by atoms with van der Waals surface area (Å²) in [5.74, 6) is 1.27. The van der Waals surface area contributed by atoms with Crippen LogP contribution < -0.4 is 9.47 Å². The Morgan fingerprint density at radius 3 is 2.35 bits per heavy atom. The van der Waals surface area contributed by atoms with Crippen LogP contribution in [-0.2, 0) is 0 Å². The lowest BCUT2D eigenvalue weighted by Crippen LogP contribution is -1.93. The fourth-order valence-electron chi connectivity index (χ4n) is 1.98. The highest BCUT2D eigenvalue weighted by molar-refractivity contribution is 5.91. The summed E-state index contributed by atoms with van der Waals surface area (Å²) in [6.45, 7) is 0. The van der Waals surface area contributed by atoms with Gasteiger partial charge in [0, 0.05) is 5.56 Å². The van der Waals surface area contributed by atoms with E-state index in [-0.39, 0.29) is 0 Å². The van der Waals surface area contributed by atoms with Gasteiger partial charge in [-0.3, -0.25) is 0 Å². The van der Waals surface area contributed by atoms with Gasteiger partial charge in [0.15, 0.2) is 11.5 Å². The summed E-state index contributed by atoms with van der Waals surface area (Å²) < 4.78 is 10.6. The van der Waals surface area contributed by atoms with Gasteiger partial charge in [0.05, 0.1) is 25.9 Å². The van der Waals surface area contributed by atoms with E-state index >= 15 is 0 Å². The number of methoxy groups -OCH3 is 2. The van der Waals surface area contributed by atoms with Crippen molar-refractivity contribution < 1.29 is 9.47 Å². The normalized spacial score (nSPS) is 10.8. The predicted molar refractivity (Wildman–Crippen MR) is 79.5 cm³/mol. The quantitative estimate of drug-likeness (QED) is 0.624. The lowest BCUT2D eigenvalue weighted by atomic mass is 10.0. The summed E-state index contributed by atoms with van der Waals surface area (Å²) in [7, 11) is 3.18. The molecule has 0 saturated heterocycles. The van der Waals surface area contributed by atoms with Gasteiger partial charge in [-0.05, 0) is 17.7 Å². The van der Waals surface area contributed by atoms with Crippen LogP contribution in [0, 0.1) is 11.3 Å². The molecule has 0 radical (unpaired) electrons. The third kappa shape index (κ3) is 2.81. The first-order valence-corrected chi connectivity index (χ1v) is 6.18. The zero-order valence-electron chi connectivity index (χ0n) is 11.5. The first-order valence-electron chi connectivity index (χ1n) is 6.18. The van der Waals surface area contributed by atoms with Gasteiger partial charge in [0.2, 0.25) is 0 Å². The molecule has 0 unspecified atom stereocenters. The molecule has 0 saturated carbocycles. The molecule has 0 amide bonds. The van der Waals surface area contributed by atoms with Crippen LogP contribution in [-0.4, -0.2) is 14.2 Å². The standard InChI is InChI=1S/C17H15NO2/c1-19-16-10-6-9-14(17(16)20-2)11-15(12-18)13-7-4-3-5-8-13/h3-11H,1-2H3. The Hall–Kier alpha value is -2.73. The van der Waals surface area contributed by atoms with Gasteiger partial charge in [-0.1, -0.05) is 42.5 Å². The minimum Gasteiger partial charge on any atom is -0.493 e. The van der Waals surface area contributed by atoms with Crippen molar-refractivity contribution in [1.82, 2.24) is 0 Å². The van der Waals surface area contributed by atoms with Gasteiger partial charge in [-0.2, -0.15) is 5.26 Å². The minimum absolute atomic E-state index is 0.581. The van der Waals surface area contributed by atoms with Crippen LogP contribution in [0.3, 0.4) is 0 Å². The van der Waals surface area contributed by atoms with Crippen molar-refractivity contribution >= 4 is 11.6 Å². The second-order valence-corrected chi connectivity index (χ2v) is 4.12. The molecule has 0 spiro atoms. The summed E-state index contributed by atoms with van der Waals surface area (Å²) in [6.07, 6.45) is 1.80. The van der Waals surface area contributed by atoms with E-state index in [1.54, 1.807) is 20.3 Å². The summed E-state index contributed by atoms with van der Waals surface area (Å²) in [4.78, 5) is 0. The third-order valence-electron chi connectivity index (χ3n) is 2.94. The molecule has 3 nitrogen and oxygen atoms in total. The molecule has 0 fully saturated rings. The van der Waals surface area contributed by atoms with E-state index in [1.165, 1.54) is 0 Å². The molecular weight excluding hydrogens is 250 g/mol. The Balaban J connectivity index is 2.51. The first-order chi connectivity index (χ1) is 9.80. The average molecular weight is 265 g/mol. The van der Waals surface area contributed by atoms with Crippen LogP contribution in [0.25, 0.3) is 11.6 Å². The number of nitrogens with zero attached hydrogens (tertiary/aromatic N) is 1. The smallest absolute Gasteiger partial charge is 0.167 e. The third-order valence-corrected chi connectivity index (χ3v) is 2.94. The molecule has 3 heteroatoms. The van der Waals surface area contributed by atoms with E-state index in [4.69, 9.17) is 9.47 Å². The number of rotatable bonds is 4. The van der Waals surface area contributed by atoms with Gasteiger partial charge in [-0.15, -0.1) is 0 Å². The molecule has 20 heavy (non-hydrogen) atoms. The molecule has 100 valence electrons. The summed E-state index contributed by atoms with van der Waals surface area (Å²) >= 11 is 0. The van der Waals surface area contributed by atoms with E-state index in [0.29, 0.717) is 17.1 Å². The van der Waals surface area contributed by atoms with Crippen LogP contribution in [0.15, 0.2) is 48.5 Å². The zero-order valence-corrected chi connectivity index (χ0v) is 11.5. The summed E-state index contributed by atoms with van der Waals surface area (Å²) in [5, 5.41) is 9.34. The topological polar surface area (TPSA) is 42.2 Å². The Morgan fingerprint density at radius 1 is 1.00 bits per heavy atom. The Labute approximate surface area is 118 Å². The van der Waals surface area contributed by atoms with Crippen LogP contribution in [0.1, 0.15) is 11.1 Å². The van der Waals surface area contributed by atoms with E-state index in [1.807, 2.05) is 48.5 Å². The molecule has 0 aliphatic rings. The van der Waals surface area contributed by atoms with Crippen molar-refractivity contribution in [3.63, 3.8) is 0 Å². The molecular formula is C17H15NO2.